The van der Waals surface area contributed by atoms with Gasteiger partial charge >= 0.3 is 0 Å². The molecule has 1 saturated carbocycles. The maximum absolute atomic E-state index is 12.0. The van der Waals surface area contributed by atoms with Crippen LogP contribution in [0.4, 0.5) is 0 Å². The summed E-state index contributed by atoms with van der Waals surface area (Å²) in [5.74, 6) is -0.0456. The van der Waals surface area contributed by atoms with Crippen molar-refractivity contribution in [3.05, 3.63) is 17.5 Å². The quantitative estimate of drug-likeness (QED) is 0.637. The molecule has 1 aliphatic carbocycles. The fraction of sp³-hybridized carbons (Fsp3) is 0.733. The summed E-state index contributed by atoms with van der Waals surface area (Å²) in [6, 6.07) is 2.45. The van der Waals surface area contributed by atoms with E-state index in [0.29, 0.717) is 18.3 Å². The van der Waals surface area contributed by atoms with Crippen LogP contribution in [0.15, 0.2) is 6.07 Å². The number of hydrogen-bond donors (Lipinski definition) is 2. The number of hydrogen-bond acceptors (Lipinski definition) is 3. The van der Waals surface area contributed by atoms with Gasteiger partial charge in [0.25, 0.3) is 5.91 Å². The van der Waals surface area contributed by atoms with Crippen LogP contribution in [0.2, 0.25) is 0 Å². The Bertz CT molecular complexity index is 433. The zero-order valence-corrected chi connectivity index (χ0v) is 12.6. The van der Waals surface area contributed by atoms with Crippen molar-refractivity contribution in [1.82, 2.24) is 20.4 Å². The molecule has 2 N–H and O–H groups in total. The highest BCUT2D eigenvalue weighted by molar-refractivity contribution is 5.92. The van der Waals surface area contributed by atoms with E-state index >= 15 is 0 Å². The van der Waals surface area contributed by atoms with Gasteiger partial charge in [0.2, 0.25) is 0 Å². The van der Waals surface area contributed by atoms with Crippen LogP contribution < -0.4 is 10.6 Å². The molecule has 0 aromatic carbocycles. The molecule has 1 fully saturated rings. The zero-order chi connectivity index (χ0) is 14.4. The topological polar surface area (TPSA) is 59.0 Å². The van der Waals surface area contributed by atoms with Crippen LogP contribution >= 0.6 is 0 Å². The molecule has 0 unspecified atom stereocenters. The number of amides is 1. The Hall–Kier alpha value is -1.36. The lowest BCUT2D eigenvalue weighted by Gasteiger charge is -2.16. The van der Waals surface area contributed by atoms with E-state index in [1.807, 2.05) is 13.0 Å². The number of carbonyl (C=O) groups is 1. The zero-order valence-electron chi connectivity index (χ0n) is 12.6. The van der Waals surface area contributed by atoms with Crippen LogP contribution in [0.5, 0.6) is 0 Å². The van der Waals surface area contributed by atoms with Crippen molar-refractivity contribution >= 4 is 5.91 Å². The summed E-state index contributed by atoms with van der Waals surface area (Å²) in [6.07, 6.45) is 7.95. The molecule has 5 nitrogen and oxygen atoms in total. The fourth-order valence-corrected chi connectivity index (χ4v) is 2.85. The number of carbonyl (C=O) groups excluding carboxylic acids is 1. The Kier molecular flexibility index (Phi) is 5.59. The Balaban J connectivity index is 1.67. The molecule has 2 rings (SSSR count). The Labute approximate surface area is 121 Å². The molecule has 0 saturated heterocycles. The van der Waals surface area contributed by atoms with E-state index in [4.69, 9.17) is 0 Å². The van der Waals surface area contributed by atoms with Gasteiger partial charge in [0.15, 0.2) is 0 Å². The fourth-order valence-electron chi connectivity index (χ4n) is 2.85. The van der Waals surface area contributed by atoms with E-state index in [1.54, 1.807) is 11.7 Å². The van der Waals surface area contributed by atoms with Crippen molar-refractivity contribution in [3.63, 3.8) is 0 Å². The third kappa shape index (κ3) is 4.34. The molecule has 0 aliphatic heterocycles. The average molecular weight is 278 g/mol. The van der Waals surface area contributed by atoms with Gasteiger partial charge in [0, 0.05) is 26.2 Å². The summed E-state index contributed by atoms with van der Waals surface area (Å²) < 4.78 is 1.63. The lowest BCUT2D eigenvalue weighted by molar-refractivity contribution is 0.0944. The van der Waals surface area contributed by atoms with Crippen LogP contribution in [-0.4, -0.2) is 34.8 Å². The summed E-state index contributed by atoms with van der Waals surface area (Å²) in [5, 5.41) is 10.7. The van der Waals surface area contributed by atoms with Gasteiger partial charge in [-0.25, -0.2) is 0 Å². The molecule has 112 valence electrons. The van der Waals surface area contributed by atoms with Gasteiger partial charge in [-0.2, -0.15) is 5.10 Å². The molecule has 1 amide bonds. The smallest absolute Gasteiger partial charge is 0.269 e. The number of aryl methyl sites for hydroxylation is 2. The number of nitrogens with one attached hydrogen (secondary N) is 2. The van der Waals surface area contributed by atoms with E-state index < -0.39 is 0 Å². The highest BCUT2D eigenvalue weighted by Crippen LogP contribution is 2.16. The Morgan fingerprint density at radius 1 is 1.30 bits per heavy atom. The maximum Gasteiger partial charge on any atom is 0.269 e. The molecule has 0 spiro atoms. The average Bonchev–Trinajstić information content (AvgIpc) is 2.64. The summed E-state index contributed by atoms with van der Waals surface area (Å²) >= 11 is 0. The largest absolute Gasteiger partial charge is 0.349 e. The molecular weight excluding hydrogens is 252 g/mol. The monoisotopic (exact) mass is 278 g/mol. The van der Waals surface area contributed by atoms with Crippen molar-refractivity contribution in [2.24, 2.45) is 7.05 Å². The van der Waals surface area contributed by atoms with Crippen molar-refractivity contribution < 1.29 is 4.79 Å². The SMILES string of the molecule is Cc1cc(C(=O)NCCNC2CCCCCC2)n(C)n1. The lowest BCUT2D eigenvalue weighted by atomic mass is 10.1. The first-order valence-electron chi connectivity index (χ1n) is 7.69. The number of aromatic nitrogens is 2. The molecule has 1 heterocycles. The van der Waals surface area contributed by atoms with Crippen LogP contribution in [-0.2, 0) is 7.05 Å². The minimum atomic E-state index is -0.0456. The third-order valence-electron chi connectivity index (χ3n) is 3.93. The Morgan fingerprint density at radius 3 is 2.60 bits per heavy atom. The number of rotatable bonds is 5. The predicted molar refractivity (Wildman–Crippen MR) is 79.8 cm³/mol. The van der Waals surface area contributed by atoms with Crippen molar-refractivity contribution in [1.29, 1.82) is 0 Å². The molecule has 0 atom stereocenters. The standard InChI is InChI=1S/C15H26N4O/c1-12-11-14(19(2)18-12)15(20)17-10-9-16-13-7-5-3-4-6-8-13/h11,13,16H,3-10H2,1-2H3,(H,17,20). The van der Waals surface area contributed by atoms with Gasteiger partial charge in [-0.3, -0.25) is 9.48 Å². The highest BCUT2D eigenvalue weighted by atomic mass is 16.2. The van der Waals surface area contributed by atoms with E-state index in [1.165, 1.54) is 38.5 Å². The van der Waals surface area contributed by atoms with Crippen LogP contribution in [0, 0.1) is 6.92 Å². The molecule has 0 bridgehead atoms. The van der Waals surface area contributed by atoms with E-state index in [0.717, 1.165) is 12.2 Å². The first-order valence-corrected chi connectivity index (χ1v) is 7.69. The van der Waals surface area contributed by atoms with Crippen molar-refractivity contribution in [2.75, 3.05) is 13.1 Å². The summed E-state index contributed by atoms with van der Waals surface area (Å²) in [7, 11) is 1.80. The second-order valence-corrected chi connectivity index (χ2v) is 5.69. The molecule has 1 aliphatic rings. The second-order valence-electron chi connectivity index (χ2n) is 5.69. The molecule has 1 aromatic heterocycles. The van der Waals surface area contributed by atoms with Crippen LogP contribution in [0.1, 0.15) is 54.7 Å². The first-order chi connectivity index (χ1) is 9.66. The van der Waals surface area contributed by atoms with Crippen molar-refractivity contribution in [2.45, 2.75) is 51.5 Å². The maximum atomic E-state index is 12.0. The molecule has 5 heteroatoms. The third-order valence-corrected chi connectivity index (χ3v) is 3.93. The molecule has 20 heavy (non-hydrogen) atoms. The summed E-state index contributed by atoms with van der Waals surface area (Å²) in [6.45, 7) is 3.40. The highest BCUT2D eigenvalue weighted by Gasteiger charge is 2.13. The molecular formula is C15H26N4O. The molecule has 1 aromatic rings. The van der Waals surface area contributed by atoms with Gasteiger partial charge in [-0.15, -0.1) is 0 Å². The van der Waals surface area contributed by atoms with Crippen LogP contribution in [0.25, 0.3) is 0 Å². The van der Waals surface area contributed by atoms with Gasteiger partial charge < -0.3 is 10.6 Å². The minimum Gasteiger partial charge on any atom is -0.349 e. The molecule has 0 radical (unpaired) electrons. The Morgan fingerprint density at radius 2 is 2.00 bits per heavy atom. The van der Waals surface area contributed by atoms with E-state index in [-0.39, 0.29) is 5.91 Å². The van der Waals surface area contributed by atoms with E-state index in [9.17, 15) is 4.79 Å². The minimum absolute atomic E-state index is 0.0456. The first kappa shape index (κ1) is 15.0. The van der Waals surface area contributed by atoms with Gasteiger partial charge in [-0.1, -0.05) is 25.7 Å². The van der Waals surface area contributed by atoms with Gasteiger partial charge in [-0.05, 0) is 25.8 Å². The summed E-state index contributed by atoms with van der Waals surface area (Å²) in [4.78, 5) is 12.0. The second kappa shape index (κ2) is 7.43. The van der Waals surface area contributed by atoms with E-state index in [2.05, 4.69) is 15.7 Å². The predicted octanol–water partition coefficient (Wildman–Crippen LogP) is 1.77. The van der Waals surface area contributed by atoms with Gasteiger partial charge in [0.05, 0.1) is 5.69 Å². The van der Waals surface area contributed by atoms with Gasteiger partial charge in [0.1, 0.15) is 5.69 Å². The van der Waals surface area contributed by atoms with Crippen LogP contribution in [0.3, 0.4) is 0 Å². The number of nitrogens with zero attached hydrogens (tertiary/aromatic N) is 2. The normalized spacial score (nSPS) is 16.9. The van der Waals surface area contributed by atoms with Crippen molar-refractivity contribution in [3.8, 4) is 0 Å². The lowest BCUT2D eigenvalue weighted by Crippen LogP contribution is -2.37. The summed E-state index contributed by atoms with van der Waals surface area (Å²) in [5.41, 5.74) is 1.49.